The number of halogens is 1. The summed E-state index contributed by atoms with van der Waals surface area (Å²) < 4.78 is 5.78. The molecule has 2 rings (SSSR count). The Labute approximate surface area is 203 Å². The number of carbonyl (C=O) groups excluding carboxylic acids is 1. The molecule has 31 heavy (non-hydrogen) atoms. The largest absolute Gasteiger partial charge is 0.376 e. The van der Waals surface area contributed by atoms with Crippen molar-refractivity contribution in [3.63, 3.8) is 0 Å². The van der Waals surface area contributed by atoms with Gasteiger partial charge in [-0.3, -0.25) is 9.79 Å². The smallest absolute Gasteiger partial charge is 0.224 e. The Balaban J connectivity index is 0.00000480. The first-order valence-electron chi connectivity index (χ1n) is 10.4. The van der Waals surface area contributed by atoms with E-state index in [0.717, 1.165) is 12.1 Å². The number of nitrogens with one attached hydrogen (secondary N) is 2. The second-order valence-corrected chi connectivity index (χ2v) is 7.47. The fourth-order valence-corrected chi connectivity index (χ4v) is 2.93. The molecule has 170 valence electrons. The van der Waals surface area contributed by atoms with Crippen molar-refractivity contribution in [3.05, 3.63) is 71.8 Å². The van der Waals surface area contributed by atoms with Crippen molar-refractivity contribution >= 4 is 35.8 Å². The zero-order valence-electron chi connectivity index (χ0n) is 18.7. The second-order valence-electron chi connectivity index (χ2n) is 7.47. The van der Waals surface area contributed by atoms with Crippen LogP contribution in [-0.4, -0.2) is 50.6 Å². The molecular weight excluding hydrogens is 503 g/mol. The van der Waals surface area contributed by atoms with E-state index in [1.165, 1.54) is 5.56 Å². The van der Waals surface area contributed by atoms with E-state index in [-0.39, 0.29) is 29.9 Å². The highest BCUT2D eigenvalue weighted by Gasteiger charge is 2.10. The van der Waals surface area contributed by atoms with E-state index >= 15 is 0 Å². The van der Waals surface area contributed by atoms with Crippen LogP contribution in [0, 0.1) is 5.92 Å². The number of aliphatic imine (C=N–C) groups is 1. The minimum atomic E-state index is 0. The Morgan fingerprint density at radius 3 is 2.26 bits per heavy atom. The maximum atomic E-state index is 12.3. The van der Waals surface area contributed by atoms with E-state index < -0.39 is 0 Å². The van der Waals surface area contributed by atoms with E-state index in [0.29, 0.717) is 44.6 Å². The quantitative estimate of drug-likeness (QED) is 0.261. The number of carbonyl (C=O) groups is 1. The van der Waals surface area contributed by atoms with Crippen molar-refractivity contribution in [1.82, 2.24) is 15.5 Å². The van der Waals surface area contributed by atoms with Gasteiger partial charge in [-0.1, -0.05) is 67.6 Å². The zero-order chi connectivity index (χ0) is 21.6. The molecule has 1 unspecified atom stereocenters. The molecule has 0 aliphatic rings. The summed E-state index contributed by atoms with van der Waals surface area (Å²) in [6.07, 6.45) is 0.416. The van der Waals surface area contributed by atoms with Crippen molar-refractivity contribution in [1.29, 1.82) is 0 Å². The molecule has 0 aliphatic heterocycles. The number of nitrogens with zero attached hydrogens (tertiary/aromatic N) is 2. The molecule has 0 aliphatic carbocycles. The average molecular weight is 538 g/mol. The Morgan fingerprint density at radius 1 is 1.03 bits per heavy atom. The van der Waals surface area contributed by atoms with Crippen molar-refractivity contribution in [2.45, 2.75) is 26.5 Å². The summed E-state index contributed by atoms with van der Waals surface area (Å²) in [6, 6.07) is 20.2. The Morgan fingerprint density at radius 2 is 1.65 bits per heavy atom. The van der Waals surface area contributed by atoms with Crippen LogP contribution in [0.4, 0.5) is 0 Å². The first kappa shape index (κ1) is 26.9. The number of guanidine groups is 1. The molecule has 2 aromatic carbocycles. The number of benzene rings is 2. The monoisotopic (exact) mass is 538 g/mol. The SMILES string of the molecule is CN=C(NCCC(=O)N(C)Cc1ccccc1)NCC(C)COCc1ccccc1.I. The van der Waals surface area contributed by atoms with Gasteiger partial charge in [-0.05, 0) is 17.0 Å². The minimum absolute atomic E-state index is 0. The third-order valence-corrected chi connectivity index (χ3v) is 4.68. The predicted molar refractivity (Wildman–Crippen MR) is 138 cm³/mol. The van der Waals surface area contributed by atoms with Crippen LogP contribution in [0.1, 0.15) is 24.5 Å². The highest BCUT2D eigenvalue weighted by Crippen LogP contribution is 2.04. The van der Waals surface area contributed by atoms with Gasteiger partial charge in [0.05, 0.1) is 13.2 Å². The second kappa shape index (κ2) is 15.6. The number of ether oxygens (including phenoxy) is 1. The van der Waals surface area contributed by atoms with E-state index in [1.54, 1.807) is 11.9 Å². The van der Waals surface area contributed by atoms with Crippen LogP contribution in [0.3, 0.4) is 0 Å². The number of rotatable bonds is 11. The number of amides is 1. The van der Waals surface area contributed by atoms with Gasteiger partial charge in [-0.25, -0.2) is 0 Å². The summed E-state index contributed by atoms with van der Waals surface area (Å²) in [5.41, 5.74) is 2.30. The standard InChI is InChI=1S/C24H34N4O2.HI/c1-20(18-30-19-22-12-8-5-9-13-22)16-27-24(25-2)26-15-14-23(29)28(3)17-21-10-6-4-7-11-21;/h4-13,20H,14-19H2,1-3H3,(H2,25,26,27);1H. The van der Waals surface area contributed by atoms with Crippen LogP contribution in [0.2, 0.25) is 0 Å². The van der Waals surface area contributed by atoms with Crippen LogP contribution in [0.5, 0.6) is 0 Å². The lowest BCUT2D eigenvalue weighted by atomic mass is 10.2. The summed E-state index contributed by atoms with van der Waals surface area (Å²) in [7, 11) is 3.56. The van der Waals surface area contributed by atoms with Crippen LogP contribution < -0.4 is 10.6 Å². The van der Waals surface area contributed by atoms with Gasteiger partial charge in [0, 0.05) is 40.2 Å². The first-order valence-corrected chi connectivity index (χ1v) is 10.4. The van der Waals surface area contributed by atoms with Crippen LogP contribution in [0.25, 0.3) is 0 Å². The molecule has 0 radical (unpaired) electrons. The summed E-state index contributed by atoms with van der Waals surface area (Å²) in [5.74, 6) is 1.14. The maximum Gasteiger partial charge on any atom is 0.224 e. The number of hydrogen-bond donors (Lipinski definition) is 2. The zero-order valence-corrected chi connectivity index (χ0v) is 21.0. The molecule has 6 nitrogen and oxygen atoms in total. The summed E-state index contributed by atoms with van der Waals surface area (Å²) in [4.78, 5) is 18.3. The number of hydrogen-bond acceptors (Lipinski definition) is 3. The van der Waals surface area contributed by atoms with Gasteiger partial charge < -0.3 is 20.3 Å². The van der Waals surface area contributed by atoms with Gasteiger partial charge in [0.2, 0.25) is 5.91 Å². The van der Waals surface area contributed by atoms with Crippen LogP contribution in [-0.2, 0) is 22.7 Å². The molecule has 0 saturated carbocycles. The lowest BCUT2D eigenvalue weighted by Gasteiger charge is -2.19. The van der Waals surface area contributed by atoms with Gasteiger partial charge in [0.25, 0.3) is 0 Å². The Kier molecular flexibility index (Phi) is 13.6. The fraction of sp³-hybridized carbons (Fsp3) is 0.417. The third-order valence-electron chi connectivity index (χ3n) is 4.68. The first-order chi connectivity index (χ1) is 14.6. The van der Waals surface area contributed by atoms with Crippen LogP contribution in [0.15, 0.2) is 65.7 Å². The average Bonchev–Trinajstić information content (AvgIpc) is 2.77. The molecule has 0 fully saturated rings. The molecule has 0 heterocycles. The molecule has 1 atom stereocenters. The molecule has 2 N–H and O–H groups in total. The molecule has 0 spiro atoms. The molecule has 0 aromatic heterocycles. The van der Waals surface area contributed by atoms with Gasteiger partial charge in [0.15, 0.2) is 5.96 Å². The van der Waals surface area contributed by atoms with Crippen molar-refractivity contribution in [2.75, 3.05) is 33.8 Å². The Hall–Kier alpha value is -2.13. The van der Waals surface area contributed by atoms with Gasteiger partial charge >= 0.3 is 0 Å². The summed E-state index contributed by atoms with van der Waals surface area (Å²) in [5, 5.41) is 6.50. The van der Waals surface area contributed by atoms with Crippen LogP contribution >= 0.6 is 24.0 Å². The van der Waals surface area contributed by atoms with Gasteiger partial charge in [-0.15, -0.1) is 24.0 Å². The molecular formula is C24H35IN4O2. The lowest BCUT2D eigenvalue weighted by Crippen LogP contribution is -2.41. The Bertz CT molecular complexity index is 772. The van der Waals surface area contributed by atoms with E-state index in [9.17, 15) is 4.79 Å². The van der Waals surface area contributed by atoms with Crippen molar-refractivity contribution in [2.24, 2.45) is 10.9 Å². The van der Waals surface area contributed by atoms with Gasteiger partial charge in [0.1, 0.15) is 0 Å². The highest BCUT2D eigenvalue weighted by atomic mass is 127. The molecule has 0 bridgehead atoms. The van der Waals surface area contributed by atoms with Crippen molar-refractivity contribution < 1.29 is 9.53 Å². The summed E-state index contributed by atoms with van der Waals surface area (Å²) >= 11 is 0. The highest BCUT2D eigenvalue weighted by molar-refractivity contribution is 14.0. The van der Waals surface area contributed by atoms with E-state index in [2.05, 4.69) is 34.7 Å². The maximum absolute atomic E-state index is 12.3. The fourth-order valence-electron chi connectivity index (χ4n) is 2.93. The van der Waals surface area contributed by atoms with E-state index in [1.807, 2.05) is 55.6 Å². The topological polar surface area (TPSA) is 66.0 Å². The molecule has 1 amide bonds. The molecule has 0 saturated heterocycles. The predicted octanol–water partition coefficient (Wildman–Crippen LogP) is 3.67. The third kappa shape index (κ3) is 11.2. The normalized spacial score (nSPS) is 11.9. The summed E-state index contributed by atoms with van der Waals surface area (Å²) in [6.45, 7) is 5.33. The minimum Gasteiger partial charge on any atom is -0.376 e. The van der Waals surface area contributed by atoms with E-state index in [4.69, 9.17) is 4.74 Å². The van der Waals surface area contributed by atoms with Gasteiger partial charge in [-0.2, -0.15) is 0 Å². The molecule has 7 heteroatoms. The lowest BCUT2D eigenvalue weighted by molar-refractivity contribution is -0.130. The van der Waals surface area contributed by atoms with Crippen molar-refractivity contribution in [3.8, 4) is 0 Å². The molecule has 2 aromatic rings.